The molecule has 1 N–H and O–H groups in total. The fourth-order valence-corrected chi connectivity index (χ4v) is 2.86. The number of rotatable bonds is 6. The van der Waals surface area contributed by atoms with Crippen molar-refractivity contribution in [2.45, 2.75) is 26.5 Å². The van der Waals surface area contributed by atoms with Crippen LogP contribution in [0.15, 0.2) is 60.7 Å². The van der Waals surface area contributed by atoms with E-state index in [1.165, 1.54) is 0 Å². The van der Waals surface area contributed by atoms with Gasteiger partial charge in [0.05, 0.1) is 7.11 Å². The zero-order chi connectivity index (χ0) is 18.5. The van der Waals surface area contributed by atoms with Gasteiger partial charge in [-0.25, -0.2) is 0 Å². The van der Waals surface area contributed by atoms with E-state index in [4.69, 9.17) is 9.47 Å². The average molecular weight is 349 g/mol. The van der Waals surface area contributed by atoms with Crippen LogP contribution in [0.25, 0.3) is 10.8 Å². The number of carbonyl (C=O) groups is 1. The van der Waals surface area contributed by atoms with E-state index < -0.39 is 0 Å². The number of nitrogens with one attached hydrogen (secondary N) is 1. The van der Waals surface area contributed by atoms with Gasteiger partial charge in [0.1, 0.15) is 18.1 Å². The predicted molar refractivity (Wildman–Crippen MR) is 104 cm³/mol. The van der Waals surface area contributed by atoms with E-state index >= 15 is 0 Å². The molecule has 0 radical (unpaired) electrons. The molecule has 4 nitrogen and oxygen atoms in total. The zero-order valence-electron chi connectivity index (χ0n) is 15.3. The van der Waals surface area contributed by atoms with Crippen molar-refractivity contribution in [2.24, 2.45) is 0 Å². The number of benzene rings is 3. The normalized spacial score (nSPS) is 10.8. The van der Waals surface area contributed by atoms with Crippen molar-refractivity contribution in [3.63, 3.8) is 0 Å². The van der Waals surface area contributed by atoms with Gasteiger partial charge in [-0.1, -0.05) is 36.4 Å². The summed E-state index contributed by atoms with van der Waals surface area (Å²) in [5.41, 5.74) is 1.42. The van der Waals surface area contributed by atoms with Gasteiger partial charge in [0, 0.05) is 22.6 Å². The Hall–Kier alpha value is -3.01. The van der Waals surface area contributed by atoms with Crippen LogP contribution in [-0.2, 0) is 6.61 Å². The highest BCUT2D eigenvalue weighted by Crippen LogP contribution is 2.28. The molecule has 0 atom stereocenters. The molecule has 0 aliphatic carbocycles. The molecule has 3 rings (SSSR count). The Balaban J connectivity index is 1.85. The molecule has 4 heteroatoms. The molecule has 0 fully saturated rings. The topological polar surface area (TPSA) is 47.6 Å². The highest BCUT2D eigenvalue weighted by atomic mass is 16.5. The van der Waals surface area contributed by atoms with Gasteiger partial charge < -0.3 is 14.8 Å². The molecule has 0 saturated carbocycles. The van der Waals surface area contributed by atoms with Crippen molar-refractivity contribution in [3.05, 3.63) is 71.8 Å². The molecular weight excluding hydrogens is 326 g/mol. The third kappa shape index (κ3) is 3.97. The van der Waals surface area contributed by atoms with Crippen LogP contribution in [0.2, 0.25) is 0 Å². The predicted octanol–water partition coefficient (Wildman–Crippen LogP) is 4.57. The molecule has 0 bridgehead atoms. The minimum Gasteiger partial charge on any atom is -0.496 e. The Morgan fingerprint density at radius 1 is 1.00 bits per heavy atom. The number of hydrogen-bond donors (Lipinski definition) is 1. The smallest absolute Gasteiger partial charge is 0.251 e. The van der Waals surface area contributed by atoms with Gasteiger partial charge in [0.2, 0.25) is 0 Å². The lowest BCUT2D eigenvalue weighted by atomic mass is 10.1. The van der Waals surface area contributed by atoms with Crippen molar-refractivity contribution in [2.75, 3.05) is 7.11 Å². The molecule has 0 spiro atoms. The van der Waals surface area contributed by atoms with Crippen LogP contribution in [0.1, 0.15) is 29.8 Å². The van der Waals surface area contributed by atoms with Crippen molar-refractivity contribution >= 4 is 16.7 Å². The Labute approximate surface area is 153 Å². The molecule has 1 amide bonds. The van der Waals surface area contributed by atoms with Gasteiger partial charge in [-0.3, -0.25) is 4.79 Å². The van der Waals surface area contributed by atoms with E-state index in [2.05, 4.69) is 17.4 Å². The summed E-state index contributed by atoms with van der Waals surface area (Å²) in [6.07, 6.45) is 0. The molecule has 3 aromatic rings. The molecule has 0 unspecified atom stereocenters. The largest absolute Gasteiger partial charge is 0.496 e. The summed E-state index contributed by atoms with van der Waals surface area (Å²) in [4.78, 5) is 12.3. The van der Waals surface area contributed by atoms with Gasteiger partial charge in [0.25, 0.3) is 5.91 Å². The molecule has 0 heterocycles. The first-order valence-corrected chi connectivity index (χ1v) is 8.67. The van der Waals surface area contributed by atoms with Crippen molar-refractivity contribution in [1.82, 2.24) is 5.32 Å². The minimum atomic E-state index is -0.103. The maximum atomic E-state index is 12.3. The lowest BCUT2D eigenvalue weighted by Crippen LogP contribution is -2.30. The van der Waals surface area contributed by atoms with E-state index in [0.29, 0.717) is 17.9 Å². The first kappa shape index (κ1) is 17.8. The van der Waals surface area contributed by atoms with E-state index in [9.17, 15) is 4.79 Å². The molecule has 0 aliphatic rings. The lowest BCUT2D eigenvalue weighted by molar-refractivity contribution is 0.0943. The summed E-state index contributed by atoms with van der Waals surface area (Å²) in [6.45, 7) is 4.19. The van der Waals surface area contributed by atoms with Crippen molar-refractivity contribution < 1.29 is 14.3 Å². The van der Waals surface area contributed by atoms with E-state index in [-0.39, 0.29) is 11.9 Å². The molecule has 0 aliphatic heterocycles. The third-order valence-corrected chi connectivity index (χ3v) is 4.10. The van der Waals surface area contributed by atoms with Gasteiger partial charge in [-0.2, -0.15) is 0 Å². The van der Waals surface area contributed by atoms with Crippen LogP contribution < -0.4 is 14.8 Å². The molecule has 26 heavy (non-hydrogen) atoms. The second-order valence-electron chi connectivity index (χ2n) is 6.42. The fraction of sp³-hybridized carbons (Fsp3) is 0.227. The molecule has 0 aromatic heterocycles. The molecule has 134 valence electrons. The Morgan fingerprint density at radius 2 is 1.77 bits per heavy atom. The summed E-state index contributed by atoms with van der Waals surface area (Å²) in [6, 6.07) is 19.5. The zero-order valence-corrected chi connectivity index (χ0v) is 15.3. The average Bonchev–Trinajstić information content (AvgIpc) is 2.65. The van der Waals surface area contributed by atoms with Crippen LogP contribution in [0.3, 0.4) is 0 Å². The van der Waals surface area contributed by atoms with Crippen molar-refractivity contribution in [1.29, 1.82) is 0 Å². The molecule has 0 saturated heterocycles. The first-order chi connectivity index (χ1) is 12.6. The van der Waals surface area contributed by atoms with Crippen molar-refractivity contribution in [3.8, 4) is 11.5 Å². The quantitative estimate of drug-likeness (QED) is 0.709. The SMILES string of the molecule is COc1ccc(C(=O)NC(C)C)cc1COc1cccc2ccccc12. The van der Waals surface area contributed by atoms with Crippen LogP contribution in [0.4, 0.5) is 0 Å². The molecule has 3 aromatic carbocycles. The number of amides is 1. The summed E-state index contributed by atoms with van der Waals surface area (Å²) >= 11 is 0. The van der Waals surface area contributed by atoms with Crippen LogP contribution in [0, 0.1) is 0 Å². The maximum absolute atomic E-state index is 12.3. The van der Waals surface area contributed by atoms with Gasteiger partial charge in [-0.15, -0.1) is 0 Å². The highest BCUT2D eigenvalue weighted by molar-refractivity contribution is 5.94. The summed E-state index contributed by atoms with van der Waals surface area (Å²) in [7, 11) is 1.62. The van der Waals surface area contributed by atoms with E-state index in [0.717, 1.165) is 22.1 Å². The monoisotopic (exact) mass is 349 g/mol. The Morgan fingerprint density at radius 3 is 2.54 bits per heavy atom. The van der Waals surface area contributed by atoms with Gasteiger partial charge in [0.15, 0.2) is 0 Å². The molecular formula is C22H23NO3. The Kier molecular flexibility index (Phi) is 5.42. The number of hydrogen-bond acceptors (Lipinski definition) is 3. The Bertz CT molecular complexity index is 913. The second-order valence-corrected chi connectivity index (χ2v) is 6.42. The summed E-state index contributed by atoms with van der Waals surface area (Å²) < 4.78 is 11.5. The lowest BCUT2D eigenvalue weighted by Gasteiger charge is -2.14. The summed E-state index contributed by atoms with van der Waals surface area (Å²) in [5, 5.41) is 5.09. The highest BCUT2D eigenvalue weighted by Gasteiger charge is 2.12. The summed E-state index contributed by atoms with van der Waals surface area (Å²) in [5.74, 6) is 1.41. The number of fused-ring (bicyclic) bond motifs is 1. The van der Waals surface area contributed by atoms with Gasteiger partial charge in [-0.05, 0) is 43.5 Å². The minimum absolute atomic E-state index is 0.0833. The van der Waals surface area contributed by atoms with Gasteiger partial charge >= 0.3 is 0 Å². The number of ether oxygens (including phenoxy) is 2. The standard InChI is InChI=1S/C22H23NO3/c1-15(2)23-22(24)17-11-12-20(25-3)18(13-17)14-26-21-10-6-8-16-7-4-5-9-19(16)21/h4-13,15H,14H2,1-3H3,(H,23,24). The van der Waals surface area contributed by atoms with E-state index in [1.807, 2.05) is 50.2 Å². The second kappa shape index (κ2) is 7.91. The maximum Gasteiger partial charge on any atom is 0.251 e. The van der Waals surface area contributed by atoms with E-state index in [1.54, 1.807) is 19.2 Å². The van der Waals surface area contributed by atoms with Crippen LogP contribution in [-0.4, -0.2) is 19.1 Å². The van der Waals surface area contributed by atoms with Crippen LogP contribution >= 0.6 is 0 Å². The fourth-order valence-electron chi connectivity index (χ4n) is 2.86. The number of carbonyl (C=O) groups excluding carboxylic acids is 1. The third-order valence-electron chi connectivity index (χ3n) is 4.10. The number of methoxy groups -OCH3 is 1. The first-order valence-electron chi connectivity index (χ1n) is 8.67. The van der Waals surface area contributed by atoms with Crippen LogP contribution in [0.5, 0.6) is 11.5 Å².